The van der Waals surface area contributed by atoms with Crippen molar-refractivity contribution in [3.8, 4) is 11.5 Å². The fraction of sp³-hybridized carbons (Fsp3) is 0.312. The van der Waals surface area contributed by atoms with Crippen LogP contribution in [0.4, 0.5) is 4.39 Å². The molecule has 0 spiro atoms. The zero-order chi connectivity index (χ0) is 15.2. The van der Waals surface area contributed by atoms with Gasteiger partial charge >= 0.3 is 0 Å². The molecule has 0 aliphatic carbocycles. The van der Waals surface area contributed by atoms with Crippen molar-refractivity contribution in [3.05, 3.63) is 53.6 Å². The molecule has 1 N–H and O–H groups in total. The highest BCUT2D eigenvalue weighted by Crippen LogP contribution is 2.31. The van der Waals surface area contributed by atoms with E-state index in [9.17, 15) is 4.39 Å². The number of benzene rings is 1. The Hall–Kier alpha value is -2.14. The molecule has 0 amide bonds. The number of hydrogen-bond donors (Lipinski definition) is 1. The molecule has 4 nitrogen and oxygen atoms in total. The lowest BCUT2D eigenvalue weighted by molar-refractivity contribution is 0.385. The van der Waals surface area contributed by atoms with Crippen LogP contribution < -0.4 is 14.8 Å². The van der Waals surface area contributed by atoms with Crippen LogP contribution in [0.5, 0.6) is 11.5 Å². The Labute approximate surface area is 123 Å². The molecular formula is C16H19FN2O2. The number of nitrogens with zero attached hydrogens (tertiary/aromatic N) is 1. The Morgan fingerprint density at radius 3 is 2.57 bits per heavy atom. The van der Waals surface area contributed by atoms with Crippen molar-refractivity contribution in [2.75, 3.05) is 20.8 Å². The number of nitrogens with one attached hydrogen (secondary N) is 1. The van der Waals surface area contributed by atoms with Gasteiger partial charge in [-0.1, -0.05) is 13.0 Å². The van der Waals surface area contributed by atoms with Crippen LogP contribution in [-0.4, -0.2) is 25.7 Å². The first-order valence-corrected chi connectivity index (χ1v) is 6.76. The minimum Gasteiger partial charge on any atom is -0.495 e. The lowest BCUT2D eigenvalue weighted by atomic mass is 9.98. The van der Waals surface area contributed by atoms with E-state index in [1.807, 2.05) is 19.1 Å². The van der Waals surface area contributed by atoms with E-state index in [1.165, 1.54) is 13.2 Å². The molecule has 0 fully saturated rings. The highest BCUT2D eigenvalue weighted by atomic mass is 19.1. The zero-order valence-corrected chi connectivity index (χ0v) is 12.4. The van der Waals surface area contributed by atoms with Crippen LogP contribution in [0, 0.1) is 5.82 Å². The van der Waals surface area contributed by atoms with Crippen molar-refractivity contribution in [1.82, 2.24) is 10.3 Å². The van der Waals surface area contributed by atoms with Crippen molar-refractivity contribution in [3.63, 3.8) is 0 Å². The van der Waals surface area contributed by atoms with Gasteiger partial charge in [0.05, 0.1) is 26.5 Å². The van der Waals surface area contributed by atoms with Crippen LogP contribution in [0.15, 0.2) is 36.7 Å². The number of halogens is 1. The van der Waals surface area contributed by atoms with Gasteiger partial charge in [0.1, 0.15) is 5.75 Å². The monoisotopic (exact) mass is 290 g/mol. The summed E-state index contributed by atoms with van der Waals surface area (Å²) in [6.45, 7) is 2.74. The van der Waals surface area contributed by atoms with Crippen LogP contribution in [-0.2, 0) is 0 Å². The first-order chi connectivity index (χ1) is 10.2. The van der Waals surface area contributed by atoms with E-state index in [2.05, 4.69) is 10.3 Å². The summed E-state index contributed by atoms with van der Waals surface area (Å²) in [4.78, 5) is 4.05. The molecule has 1 unspecified atom stereocenters. The molecule has 2 rings (SSSR count). The Balaban J connectivity index is 2.45. The number of pyridine rings is 1. The minimum atomic E-state index is -0.383. The van der Waals surface area contributed by atoms with Crippen molar-refractivity contribution in [2.45, 2.75) is 13.0 Å². The SMILES string of the molecule is CCNC(c1ccc(OC)c(F)c1)c1ccncc1OC. The van der Waals surface area contributed by atoms with E-state index in [0.717, 1.165) is 17.7 Å². The molecule has 112 valence electrons. The molecule has 1 heterocycles. The average Bonchev–Trinajstić information content (AvgIpc) is 2.52. The maximum atomic E-state index is 14.0. The van der Waals surface area contributed by atoms with Crippen LogP contribution in [0.3, 0.4) is 0 Å². The quantitative estimate of drug-likeness (QED) is 0.888. The zero-order valence-electron chi connectivity index (χ0n) is 12.4. The number of aromatic nitrogens is 1. The summed E-state index contributed by atoms with van der Waals surface area (Å²) in [6.07, 6.45) is 3.35. The van der Waals surface area contributed by atoms with Crippen LogP contribution >= 0.6 is 0 Å². The Kier molecular flexibility index (Phi) is 5.11. The van der Waals surface area contributed by atoms with E-state index in [4.69, 9.17) is 9.47 Å². The lowest BCUT2D eigenvalue weighted by Gasteiger charge is -2.21. The molecule has 0 aliphatic rings. The van der Waals surface area contributed by atoms with E-state index >= 15 is 0 Å². The van der Waals surface area contributed by atoms with Gasteiger partial charge < -0.3 is 14.8 Å². The van der Waals surface area contributed by atoms with Gasteiger partial charge in [-0.3, -0.25) is 4.98 Å². The van der Waals surface area contributed by atoms with Crippen molar-refractivity contribution in [1.29, 1.82) is 0 Å². The van der Waals surface area contributed by atoms with Gasteiger partial charge in [-0.2, -0.15) is 0 Å². The highest BCUT2D eigenvalue weighted by molar-refractivity contribution is 5.41. The van der Waals surface area contributed by atoms with Gasteiger partial charge in [0.25, 0.3) is 0 Å². The minimum absolute atomic E-state index is 0.173. The Morgan fingerprint density at radius 2 is 1.95 bits per heavy atom. The van der Waals surface area contributed by atoms with Gasteiger partial charge in [-0.15, -0.1) is 0 Å². The Morgan fingerprint density at radius 1 is 1.19 bits per heavy atom. The molecular weight excluding hydrogens is 271 g/mol. The summed E-state index contributed by atoms with van der Waals surface area (Å²) in [7, 11) is 3.05. The molecule has 1 aromatic carbocycles. The predicted molar refractivity (Wildman–Crippen MR) is 79.3 cm³/mol. The van der Waals surface area contributed by atoms with Crippen molar-refractivity contribution in [2.24, 2.45) is 0 Å². The number of methoxy groups -OCH3 is 2. The number of rotatable bonds is 6. The smallest absolute Gasteiger partial charge is 0.165 e. The maximum absolute atomic E-state index is 14.0. The van der Waals surface area contributed by atoms with E-state index in [1.54, 1.807) is 25.6 Å². The molecule has 0 radical (unpaired) electrons. The fourth-order valence-electron chi connectivity index (χ4n) is 2.27. The third-order valence-electron chi connectivity index (χ3n) is 3.26. The topological polar surface area (TPSA) is 43.4 Å². The molecule has 0 aliphatic heterocycles. The molecule has 5 heteroatoms. The first kappa shape index (κ1) is 15.3. The second kappa shape index (κ2) is 7.04. The molecule has 0 saturated carbocycles. The van der Waals surface area contributed by atoms with Crippen molar-refractivity contribution < 1.29 is 13.9 Å². The third-order valence-corrected chi connectivity index (χ3v) is 3.26. The highest BCUT2D eigenvalue weighted by Gasteiger charge is 2.18. The Bertz CT molecular complexity index is 605. The molecule has 2 aromatic rings. The van der Waals surface area contributed by atoms with E-state index < -0.39 is 0 Å². The summed E-state index contributed by atoms with van der Waals surface area (Å²) in [5.41, 5.74) is 1.72. The predicted octanol–water partition coefficient (Wildman–Crippen LogP) is 2.94. The van der Waals surface area contributed by atoms with Gasteiger partial charge in [-0.25, -0.2) is 4.39 Å². The lowest BCUT2D eigenvalue weighted by Crippen LogP contribution is -2.22. The van der Waals surface area contributed by atoms with Crippen LogP contribution in [0.1, 0.15) is 24.1 Å². The van der Waals surface area contributed by atoms with Gasteiger partial charge in [0, 0.05) is 11.8 Å². The normalized spacial score (nSPS) is 12.0. The van der Waals surface area contributed by atoms with Gasteiger partial charge in [0.2, 0.25) is 0 Å². The molecule has 1 atom stereocenters. The van der Waals surface area contributed by atoms with Gasteiger partial charge in [0.15, 0.2) is 11.6 Å². The molecule has 1 aromatic heterocycles. The van der Waals surface area contributed by atoms with E-state index in [-0.39, 0.29) is 17.6 Å². The maximum Gasteiger partial charge on any atom is 0.165 e. The first-order valence-electron chi connectivity index (χ1n) is 6.76. The summed E-state index contributed by atoms with van der Waals surface area (Å²) in [5, 5.41) is 3.34. The third kappa shape index (κ3) is 3.31. The second-order valence-corrected chi connectivity index (χ2v) is 4.50. The number of ether oxygens (including phenoxy) is 2. The number of hydrogen-bond acceptors (Lipinski definition) is 4. The summed E-state index contributed by atoms with van der Waals surface area (Å²) in [5.74, 6) is 0.515. The molecule has 21 heavy (non-hydrogen) atoms. The molecule has 0 saturated heterocycles. The van der Waals surface area contributed by atoms with Crippen LogP contribution in [0.2, 0.25) is 0 Å². The summed E-state index contributed by atoms with van der Waals surface area (Å²) >= 11 is 0. The summed E-state index contributed by atoms with van der Waals surface area (Å²) < 4.78 is 24.3. The largest absolute Gasteiger partial charge is 0.495 e. The fourth-order valence-corrected chi connectivity index (χ4v) is 2.27. The molecule has 0 bridgehead atoms. The van der Waals surface area contributed by atoms with Crippen LogP contribution in [0.25, 0.3) is 0 Å². The standard InChI is InChI=1S/C16H19FN2O2/c1-4-19-16(12-7-8-18-10-15(12)21-3)11-5-6-14(20-2)13(17)9-11/h5-10,16,19H,4H2,1-3H3. The van der Waals surface area contributed by atoms with Gasteiger partial charge in [-0.05, 0) is 30.3 Å². The van der Waals surface area contributed by atoms with Crippen molar-refractivity contribution >= 4 is 0 Å². The van der Waals surface area contributed by atoms with E-state index in [0.29, 0.717) is 5.75 Å². The summed E-state index contributed by atoms with van der Waals surface area (Å²) in [6, 6.07) is 6.64. The average molecular weight is 290 g/mol. The second-order valence-electron chi connectivity index (χ2n) is 4.50.